The minimum absolute atomic E-state index is 0.307. The molecule has 1 N–H and O–H groups in total. The third-order valence-electron chi connectivity index (χ3n) is 4.05. The zero-order chi connectivity index (χ0) is 13.7. The van der Waals surface area contributed by atoms with Crippen molar-refractivity contribution in [1.82, 2.24) is 5.32 Å². The fourth-order valence-electron chi connectivity index (χ4n) is 3.08. The van der Waals surface area contributed by atoms with E-state index in [1.165, 1.54) is 32.1 Å². The number of halogens is 2. The van der Waals surface area contributed by atoms with Crippen LogP contribution in [0.5, 0.6) is 0 Å². The zero-order valence-electron chi connectivity index (χ0n) is 11.6. The van der Waals surface area contributed by atoms with Gasteiger partial charge in [-0.3, -0.25) is 0 Å². The van der Waals surface area contributed by atoms with E-state index in [0.29, 0.717) is 12.0 Å². The van der Waals surface area contributed by atoms with Gasteiger partial charge < -0.3 is 5.32 Å². The Bertz CT molecular complexity index is 379. The van der Waals surface area contributed by atoms with E-state index in [1.54, 1.807) is 0 Å². The molecule has 0 bridgehead atoms. The Morgan fingerprint density at radius 1 is 1.16 bits per heavy atom. The minimum atomic E-state index is 0.307. The first-order valence-corrected chi connectivity index (χ1v) is 8.17. The Morgan fingerprint density at radius 2 is 1.79 bits per heavy atom. The van der Waals surface area contributed by atoms with Crippen LogP contribution in [0.3, 0.4) is 0 Å². The Hall–Kier alpha value is -0.240. The summed E-state index contributed by atoms with van der Waals surface area (Å²) in [6, 6.07) is 6.13. The van der Waals surface area contributed by atoms with Crippen LogP contribution in [-0.2, 0) is 0 Å². The van der Waals surface area contributed by atoms with Crippen LogP contribution in [0.15, 0.2) is 18.2 Å². The molecule has 1 atom stereocenters. The van der Waals surface area contributed by atoms with E-state index in [9.17, 15) is 0 Å². The van der Waals surface area contributed by atoms with E-state index in [1.807, 2.05) is 18.2 Å². The highest BCUT2D eigenvalue weighted by Gasteiger charge is 2.27. The molecule has 1 aliphatic rings. The third-order valence-corrected chi connectivity index (χ3v) is 4.71. The van der Waals surface area contributed by atoms with Crippen LogP contribution in [0.4, 0.5) is 0 Å². The molecule has 1 fully saturated rings. The molecule has 2 rings (SSSR count). The summed E-state index contributed by atoms with van der Waals surface area (Å²) in [4.78, 5) is 0. The first kappa shape index (κ1) is 15.2. The van der Waals surface area contributed by atoms with Crippen LogP contribution in [-0.4, -0.2) is 6.54 Å². The molecule has 1 saturated carbocycles. The van der Waals surface area contributed by atoms with Crippen molar-refractivity contribution in [2.75, 3.05) is 6.54 Å². The predicted molar refractivity (Wildman–Crippen MR) is 84.1 cm³/mol. The van der Waals surface area contributed by atoms with Gasteiger partial charge in [0.1, 0.15) is 0 Å². The lowest BCUT2D eigenvalue weighted by molar-refractivity contribution is 0.272. The van der Waals surface area contributed by atoms with Gasteiger partial charge in [0.15, 0.2) is 0 Å². The molecule has 1 nitrogen and oxygen atoms in total. The maximum absolute atomic E-state index is 6.40. The second kappa shape index (κ2) is 7.52. The summed E-state index contributed by atoms with van der Waals surface area (Å²) in [5, 5.41) is 5.26. The van der Waals surface area contributed by atoms with Crippen LogP contribution in [0.25, 0.3) is 0 Å². The van der Waals surface area contributed by atoms with Crippen LogP contribution in [0.1, 0.15) is 57.1 Å². The second-order valence-electron chi connectivity index (χ2n) is 5.47. The average Bonchev–Trinajstić information content (AvgIpc) is 2.43. The van der Waals surface area contributed by atoms with Crippen molar-refractivity contribution in [2.24, 2.45) is 5.92 Å². The van der Waals surface area contributed by atoms with Gasteiger partial charge in [-0.15, -0.1) is 0 Å². The molecule has 0 amide bonds. The van der Waals surface area contributed by atoms with Gasteiger partial charge in [0, 0.05) is 21.7 Å². The van der Waals surface area contributed by atoms with Crippen LogP contribution < -0.4 is 5.32 Å². The van der Waals surface area contributed by atoms with Crippen molar-refractivity contribution in [2.45, 2.75) is 51.5 Å². The van der Waals surface area contributed by atoms with Gasteiger partial charge in [0.2, 0.25) is 0 Å². The van der Waals surface area contributed by atoms with Crippen LogP contribution in [0.2, 0.25) is 10.0 Å². The highest BCUT2D eigenvalue weighted by molar-refractivity contribution is 6.36. The van der Waals surface area contributed by atoms with E-state index in [2.05, 4.69) is 12.2 Å². The average molecular weight is 300 g/mol. The van der Waals surface area contributed by atoms with Gasteiger partial charge in [0.05, 0.1) is 0 Å². The molecule has 0 aromatic heterocycles. The van der Waals surface area contributed by atoms with Crippen LogP contribution in [0, 0.1) is 5.92 Å². The topological polar surface area (TPSA) is 12.0 Å². The molecular weight excluding hydrogens is 277 g/mol. The lowest BCUT2D eigenvalue weighted by Crippen LogP contribution is -2.30. The molecule has 0 spiro atoms. The van der Waals surface area contributed by atoms with E-state index in [4.69, 9.17) is 23.2 Å². The van der Waals surface area contributed by atoms with Crippen molar-refractivity contribution in [3.8, 4) is 0 Å². The normalized spacial score (nSPS) is 18.5. The van der Waals surface area contributed by atoms with Gasteiger partial charge in [-0.2, -0.15) is 0 Å². The Kier molecular flexibility index (Phi) is 6.00. The van der Waals surface area contributed by atoms with Crippen molar-refractivity contribution >= 4 is 23.2 Å². The largest absolute Gasteiger partial charge is 0.310 e. The Morgan fingerprint density at radius 3 is 2.37 bits per heavy atom. The standard InChI is InChI=1S/C16H23Cl2N/c1-2-11-19-16(12-7-4-3-5-8-12)15-13(17)9-6-10-14(15)18/h6,9-10,12,16,19H,2-5,7-8,11H2,1H3. The summed E-state index contributed by atoms with van der Waals surface area (Å²) >= 11 is 12.8. The molecule has 0 aliphatic heterocycles. The molecule has 1 aromatic carbocycles. The second-order valence-corrected chi connectivity index (χ2v) is 6.28. The number of nitrogens with one attached hydrogen (secondary N) is 1. The van der Waals surface area contributed by atoms with Crippen molar-refractivity contribution in [3.63, 3.8) is 0 Å². The molecule has 0 saturated heterocycles. The SMILES string of the molecule is CCCNC(c1c(Cl)cccc1Cl)C1CCCCC1. The maximum Gasteiger partial charge on any atom is 0.0468 e. The molecule has 0 radical (unpaired) electrons. The molecule has 1 aliphatic carbocycles. The summed E-state index contributed by atoms with van der Waals surface area (Å²) in [6.07, 6.45) is 7.72. The number of hydrogen-bond acceptors (Lipinski definition) is 1. The minimum Gasteiger partial charge on any atom is -0.310 e. The summed E-state index contributed by atoms with van der Waals surface area (Å²) in [5.74, 6) is 0.665. The molecule has 0 heterocycles. The fourth-order valence-corrected chi connectivity index (χ4v) is 3.71. The highest BCUT2D eigenvalue weighted by Crippen LogP contribution is 2.40. The van der Waals surface area contributed by atoms with Crippen molar-refractivity contribution < 1.29 is 0 Å². The fraction of sp³-hybridized carbons (Fsp3) is 0.625. The quantitative estimate of drug-likeness (QED) is 0.744. The lowest BCUT2D eigenvalue weighted by Gasteiger charge is -2.32. The predicted octanol–water partition coefficient (Wildman–Crippen LogP) is 5.61. The molecular formula is C16H23Cl2N. The van der Waals surface area contributed by atoms with E-state index in [-0.39, 0.29) is 0 Å². The number of hydrogen-bond donors (Lipinski definition) is 1. The molecule has 19 heavy (non-hydrogen) atoms. The Labute approximate surface area is 126 Å². The maximum atomic E-state index is 6.40. The molecule has 106 valence electrons. The van der Waals surface area contributed by atoms with Crippen LogP contribution >= 0.6 is 23.2 Å². The third kappa shape index (κ3) is 3.87. The summed E-state index contributed by atoms with van der Waals surface area (Å²) < 4.78 is 0. The number of rotatable bonds is 5. The molecule has 1 unspecified atom stereocenters. The van der Waals surface area contributed by atoms with E-state index < -0.39 is 0 Å². The van der Waals surface area contributed by atoms with Gasteiger partial charge in [-0.05, 0) is 43.9 Å². The van der Waals surface area contributed by atoms with Gasteiger partial charge in [-0.25, -0.2) is 0 Å². The Balaban J connectivity index is 2.25. The van der Waals surface area contributed by atoms with E-state index >= 15 is 0 Å². The van der Waals surface area contributed by atoms with Crippen molar-refractivity contribution in [1.29, 1.82) is 0 Å². The van der Waals surface area contributed by atoms with Gasteiger partial charge >= 0.3 is 0 Å². The first-order valence-electron chi connectivity index (χ1n) is 7.41. The smallest absolute Gasteiger partial charge is 0.0468 e. The summed E-state index contributed by atoms with van der Waals surface area (Å²) in [7, 11) is 0. The number of benzene rings is 1. The molecule has 1 aromatic rings. The highest BCUT2D eigenvalue weighted by atomic mass is 35.5. The first-order chi connectivity index (χ1) is 9.24. The summed E-state index contributed by atoms with van der Waals surface area (Å²) in [6.45, 7) is 3.21. The summed E-state index contributed by atoms with van der Waals surface area (Å²) in [5.41, 5.74) is 1.10. The molecule has 3 heteroatoms. The van der Waals surface area contributed by atoms with E-state index in [0.717, 1.165) is 28.6 Å². The lowest BCUT2D eigenvalue weighted by atomic mass is 9.81. The van der Waals surface area contributed by atoms with Gasteiger partial charge in [-0.1, -0.05) is 55.5 Å². The zero-order valence-corrected chi connectivity index (χ0v) is 13.1. The monoisotopic (exact) mass is 299 g/mol. The van der Waals surface area contributed by atoms with Crippen molar-refractivity contribution in [3.05, 3.63) is 33.8 Å². The van der Waals surface area contributed by atoms with Gasteiger partial charge in [0.25, 0.3) is 0 Å².